The molecule has 1 fully saturated rings. The molecule has 3 heterocycles. The molecule has 1 amide bonds. The summed E-state index contributed by atoms with van der Waals surface area (Å²) in [5.41, 5.74) is 4.09. The van der Waals surface area contributed by atoms with E-state index in [-0.39, 0.29) is 11.9 Å². The van der Waals surface area contributed by atoms with Gasteiger partial charge < -0.3 is 4.90 Å². The summed E-state index contributed by atoms with van der Waals surface area (Å²) in [4.78, 5) is 24.0. The molecule has 0 spiro atoms. The zero-order valence-corrected chi connectivity index (χ0v) is 14.5. The molecule has 1 saturated heterocycles. The van der Waals surface area contributed by atoms with Gasteiger partial charge in [-0.1, -0.05) is 0 Å². The second-order valence-electron chi connectivity index (χ2n) is 6.63. The maximum absolute atomic E-state index is 13.0. The molecule has 6 heteroatoms. The predicted molar refractivity (Wildman–Crippen MR) is 95.4 cm³/mol. The smallest absolute Gasteiger partial charge is 0.254 e. The molecule has 0 N–H and O–H groups in total. The van der Waals surface area contributed by atoms with Crippen LogP contribution in [0.15, 0.2) is 36.7 Å². The first-order valence-corrected chi connectivity index (χ1v) is 8.65. The van der Waals surface area contributed by atoms with E-state index in [0.717, 1.165) is 41.8 Å². The number of hydrogen-bond donors (Lipinski definition) is 0. The SMILES string of the molecule is Cc1nc2ccc(C(=O)N3CCC[C@@H](n4cccn4)C3)cc2nc1C. The second-order valence-corrected chi connectivity index (χ2v) is 6.63. The summed E-state index contributed by atoms with van der Waals surface area (Å²) in [6.45, 7) is 5.37. The first-order chi connectivity index (χ1) is 12.1. The minimum atomic E-state index is 0.0544. The van der Waals surface area contributed by atoms with Crippen LogP contribution in [0.1, 0.15) is 40.6 Å². The highest BCUT2D eigenvalue weighted by molar-refractivity contribution is 5.97. The number of piperidine rings is 1. The lowest BCUT2D eigenvalue weighted by Gasteiger charge is -2.33. The molecule has 2 aromatic heterocycles. The van der Waals surface area contributed by atoms with Crippen molar-refractivity contribution >= 4 is 16.9 Å². The van der Waals surface area contributed by atoms with E-state index in [1.165, 1.54) is 0 Å². The van der Waals surface area contributed by atoms with Crippen LogP contribution in [0.5, 0.6) is 0 Å². The summed E-state index contributed by atoms with van der Waals surface area (Å²) in [5, 5.41) is 4.33. The molecule has 128 valence electrons. The summed E-state index contributed by atoms with van der Waals surface area (Å²) in [5.74, 6) is 0.0544. The van der Waals surface area contributed by atoms with Gasteiger partial charge in [-0.25, -0.2) is 9.97 Å². The third-order valence-corrected chi connectivity index (χ3v) is 4.90. The largest absolute Gasteiger partial charge is 0.337 e. The Bertz CT molecular complexity index is 919. The second kappa shape index (κ2) is 6.27. The normalized spacial score (nSPS) is 17.8. The van der Waals surface area contributed by atoms with Crippen molar-refractivity contribution in [2.75, 3.05) is 13.1 Å². The first kappa shape index (κ1) is 15.7. The van der Waals surface area contributed by atoms with Crippen molar-refractivity contribution in [2.24, 2.45) is 0 Å². The minimum Gasteiger partial charge on any atom is -0.337 e. The Morgan fingerprint density at radius 1 is 1.16 bits per heavy atom. The van der Waals surface area contributed by atoms with Crippen molar-refractivity contribution < 1.29 is 4.79 Å². The Balaban J connectivity index is 1.59. The molecule has 1 atom stereocenters. The Hall–Kier alpha value is -2.76. The standard InChI is InChI=1S/C19H21N5O/c1-13-14(2)22-18-11-15(6-7-17(18)21-13)19(25)23-9-3-5-16(12-23)24-10-4-8-20-24/h4,6-8,10-11,16H,3,5,9,12H2,1-2H3/t16-/m1/s1. The molecular weight excluding hydrogens is 314 g/mol. The maximum Gasteiger partial charge on any atom is 0.254 e. The summed E-state index contributed by atoms with van der Waals surface area (Å²) in [6.07, 6.45) is 5.79. The van der Waals surface area contributed by atoms with Gasteiger partial charge in [0.15, 0.2) is 0 Å². The van der Waals surface area contributed by atoms with E-state index in [1.54, 1.807) is 6.20 Å². The highest BCUT2D eigenvalue weighted by Crippen LogP contribution is 2.23. The molecule has 1 aliphatic rings. The van der Waals surface area contributed by atoms with Gasteiger partial charge >= 0.3 is 0 Å². The van der Waals surface area contributed by atoms with Gasteiger partial charge in [-0.15, -0.1) is 0 Å². The number of fused-ring (bicyclic) bond motifs is 1. The van der Waals surface area contributed by atoms with Crippen molar-refractivity contribution in [2.45, 2.75) is 32.7 Å². The minimum absolute atomic E-state index is 0.0544. The molecule has 0 unspecified atom stereocenters. The average Bonchev–Trinajstić information content (AvgIpc) is 3.16. The van der Waals surface area contributed by atoms with Crippen LogP contribution >= 0.6 is 0 Å². The molecule has 4 rings (SSSR count). The van der Waals surface area contributed by atoms with E-state index in [9.17, 15) is 4.79 Å². The first-order valence-electron chi connectivity index (χ1n) is 8.65. The Labute approximate surface area is 146 Å². The zero-order chi connectivity index (χ0) is 17.4. The number of aromatic nitrogens is 4. The fraction of sp³-hybridized carbons (Fsp3) is 0.368. The van der Waals surface area contributed by atoms with Gasteiger partial charge in [0.25, 0.3) is 5.91 Å². The Morgan fingerprint density at radius 2 is 1.96 bits per heavy atom. The summed E-state index contributed by atoms with van der Waals surface area (Å²) in [7, 11) is 0. The van der Waals surface area contributed by atoms with E-state index in [1.807, 2.05) is 53.9 Å². The van der Waals surface area contributed by atoms with Gasteiger partial charge in [-0.3, -0.25) is 9.48 Å². The van der Waals surface area contributed by atoms with Crippen molar-refractivity contribution in [1.82, 2.24) is 24.6 Å². The highest BCUT2D eigenvalue weighted by Gasteiger charge is 2.26. The molecule has 25 heavy (non-hydrogen) atoms. The molecule has 0 bridgehead atoms. The van der Waals surface area contributed by atoms with Crippen LogP contribution in [0, 0.1) is 13.8 Å². The van der Waals surface area contributed by atoms with E-state index in [4.69, 9.17) is 0 Å². The number of likely N-dealkylation sites (tertiary alicyclic amines) is 1. The predicted octanol–water partition coefficient (Wildman–Crippen LogP) is 2.92. The third kappa shape index (κ3) is 2.99. The van der Waals surface area contributed by atoms with Gasteiger partial charge in [0.1, 0.15) is 0 Å². The summed E-state index contributed by atoms with van der Waals surface area (Å²) >= 11 is 0. The van der Waals surface area contributed by atoms with E-state index in [2.05, 4.69) is 15.1 Å². The van der Waals surface area contributed by atoms with Gasteiger partial charge in [-0.2, -0.15) is 5.10 Å². The Kier molecular flexibility index (Phi) is 3.95. The molecule has 3 aromatic rings. The van der Waals surface area contributed by atoms with Crippen molar-refractivity contribution in [3.05, 3.63) is 53.6 Å². The van der Waals surface area contributed by atoms with Crippen molar-refractivity contribution in [1.29, 1.82) is 0 Å². The number of carbonyl (C=O) groups is 1. The summed E-state index contributed by atoms with van der Waals surface area (Å²) < 4.78 is 1.96. The number of nitrogens with zero attached hydrogens (tertiary/aromatic N) is 5. The van der Waals surface area contributed by atoms with E-state index < -0.39 is 0 Å². The van der Waals surface area contributed by atoms with Crippen LogP contribution in [0.25, 0.3) is 11.0 Å². The molecule has 0 saturated carbocycles. The fourth-order valence-electron chi connectivity index (χ4n) is 3.40. The van der Waals surface area contributed by atoms with Crippen LogP contribution in [0.4, 0.5) is 0 Å². The molecule has 1 aromatic carbocycles. The lowest BCUT2D eigenvalue weighted by Crippen LogP contribution is -2.40. The summed E-state index contributed by atoms with van der Waals surface area (Å²) in [6, 6.07) is 7.77. The number of rotatable bonds is 2. The van der Waals surface area contributed by atoms with Crippen LogP contribution in [0.2, 0.25) is 0 Å². The number of benzene rings is 1. The molecular formula is C19H21N5O. The van der Waals surface area contributed by atoms with Crippen molar-refractivity contribution in [3.63, 3.8) is 0 Å². The van der Waals surface area contributed by atoms with Crippen molar-refractivity contribution in [3.8, 4) is 0 Å². The lowest BCUT2D eigenvalue weighted by atomic mass is 10.0. The van der Waals surface area contributed by atoms with Crippen LogP contribution in [-0.4, -0.2) is 43.6 Å². The molecule has 0 aliphatic carbocycles. The van der Waals surface area contributed by atoms with E-state index >= 15 is 0 Å². The number of aryl methyl sites for hydroxylation is 2. The lowest BCUT2D eigenvalue weighted by molar-refractivity contribution is 0.0673. The Morgan fingerprint density at radius 3 is 2.72 bits per heavy atom. The maximum atomic E-state index is 13.0. The number of amides is 1. The van der Waals surface area contributed by atoms with Gasteiger partial charge in [0.05, 0.1) is 28.5 Å². The van der Waals surface area contributed by atoms with Gasteiger partial charge in [0.2, 0.25) is 0 Å². The third-order valence-electron chi connectivity index (χ3n) is 4.90. The number of hydrogen-bond acceptors (Lipinski definition) is 4. The molecule has 0 radical (unpaired) electrons. The highest BCUT2D eigenvalue weighted by atomic mass is 16.2. The fourth-order valence-corrected chi connectivity index (χ4v) is 3.40. The monoisotopic (exact) mass is 335 g/mol. The average molecular weight is 335 g/mol. The van der Waals surface area contributed by atoms with Crippen LogP contribution in [0.3, 0.4) is 0 Å². The quantitative estimate of drug-likeness (QED) is 0.722. The zero-order valence-electron chi connectivity index (χ0n) is 14.5. The van der Waals surface area contributed by atoms with E-state index in [0.29, 0.717) is 12.1 Å². The van der Waals surface area contributed by atoms with Crippen LogP contribution < -0.4 is 0 Å². The molecule has 6 nitrogen and oxygen atoms in total. The topological polar surface area (TPSA) is 63.9 Å². The van der Waals surface area contributed by atoms with Gasteiger partial charge in [-0.05, 0) is 51.0 Å². The molecule has 1 aliphatic heterocycles. The number of carbonyl (C=O) groups excluding carboxylic acids is 1. The van der Waals surface area contributed by atoms with Crippen LogP contribution in [-0.2, 0) is 0 Å². The van der Waals surface area contributed by atoms with Gasteiger partial charge in [0, 0.05) is 31.0 Å².